The van der Waals surface area contributed by atoms with Crippen LogP contribution in [0.2, 0.25) is 0 Å². The van der Waals surface area contributed by atoms with Crippen LogP contribution in [0.15, 0.2) is 24.3 Å². The molecule has 104 valence electrons. The highest BCUT2D eigenvalue weighted by Crippen LogP contribution is 2.11. The molecule has 0 spiro atoms. The Kier molecular flexibility index (Phi) is 4.76. The zero-order valence-corrected chi connectivity index (χ0v) is 11.1. The van der Waals surface area contributed by atoms with E-state index in [1.165, 1.54) is 5.56 Å². The Morgan fingerprint density at radius 2 is 2.21 bits per heavy atom. The standard InChI is InChI=1S/C14H20N2O3/c1-10-2-4-12(5-3-10)19-7-6-15-14(18)13-8-11(17)9-16-13/h2-5,11,13,16-17H,6-9H2,1H3,(H,15,18)/t11-,13+/m1/s1. The van der Waals surface area contributed by atoms with Crippen molar-refractivity contribution in [1.82, 2.24) is 10.6 Å². The molecule has 1 aromatic rings. The van der Waals surface area contributed by atoms with Crippen molar-refractivity contribution in [3.05, 3.63) is 29.8 Å². The number of hydrogen-bond donors (Lipinski definition) is 3. The number of aliphatic hydroxyl groups is 1. The molecule has 1 aliphatic heterocycles. The summed E-state index contributed by atoms with van der Waals surface area (Å²) in [6, 6.07) is 7.50. The quantitative estimate of drug-likeness (QED) is 0.665. The predicted molar refractivity (Wildman–Crippen MR) is 72.1 cm³/mol. The third-order valence-electron chi connectivity index (χ3n) is 3.12. The second kappa shape index (κ2) is 6.54. The van der Waals surface area contributed by atoms with Gasteiger partial charge < -0.3 is 20.5 Å². The molecule has 0 saturated carbocycles. The van der Waals surface area contributed by atoms with Gasteiger partial charge in [-0.15, -0.1) is 0 Å². The summed E-state index contributed by atoms with van der Waals surface area (Å²) in [5, 5.41) is 15.1. The molecule has 19 heavy (non-hydrogen) atoms. The first kappa shape index (κ1) is 13.8. The van der Waals surface area contributed by atoms with Crippen LogP contribution in [0.25, 0.3) is 0 Å². The number of ether oxygens (including phenoxy) is 1. The molecule has 0 bridgehead atoms. The maximum absolute atomic E-state index is 11.7. The lowest BCUT2D eigenvalue weighted by atomic mass is 10.2. The minimum atomic E-state index is -0.417. The molecule has 2 rings (SSSR count). The molecule has 3 N–H and O–H groups in total. The molecule has 1 aromatic carbocycles. The lowest BCUT2D eigenvalue weighted by Crippen LogP contribution is -2.41. The van der Waals surface area contributed by atoms with Gasteiger partial charge in [0.15, 0.2) is 0 Å². The highest BCUT2D eigenvalue weighted by atomic mass is 16.5. The number of nitrogens with one attached hydrogen (secondary N) is 2. The lowest BCUT2D eigenvalue weighted by Gasteiger charge is -2.11. The van der Waals surface area contributed by atoms with Crippen LogP contribution in [0.5, 0.6) is 5.75 Å². The van der Waals surface area contributed by atoms with Crippen LogP contribution in [0.3, 0.4) is 0 Å². The van der Waals surface area contributed by atoms with Gasteiger partial charge in [-0.1, -0.05) is 17.7 Å². The predicted octanol–water partition coefficient (Wildman–Crippen LogP) is 0.213. The Morgan fingerprint density at radius 3 is 2.84 bits per heavy atom. The fraction of sp³-hybridized carbons (Fsp3) is 0.500. The SMILES string of the molecule is Cc1ccc(OCCNC(=O)[C@@H]2C[C@@H](O)CN2)cc1. The smallest absolute Gasteiger partial charge is 0.237 e. The Balaban J connectivity index is 1.64. The van der Waals surface area contributed by atoms with E-state index in [9.17, 15) is 9.90 Å². The van der Waals surface area contributed by atoms with E-state index in [1.54, 1.807) is 0 Å². The number of benzene rings is 1. The first-order valence-corrected chi connectivity index (χ1v) is 6.54. The zero-order valence-electron chi connectivity index (χ0n) is 11.1. The normalized spacial score (nSPS) is 22.2. The van der Waals surface area contributed by atoms with Crippen LogP contribution in [-0.4, -0.2) is 42.9 Å². The van der Waals surface area contributed by atoms with Gasteiger partial charge in [0.1, 0.15) is 12.4 Å². The first-order chi connectivity index (χ1) is 9.15. The third kappa shape index (κ3) is 4.22. The topological polar surface area (TPSA) is 70.6 Å². The summed E-state index contributed by atoms with van der Waals surface area (Å²) >= 11 is 0. The van der Waals surface area contributed by atoms with E-state index in [4.69, 9.17) is 4.74 Å². The van der Waals surface area contributed by atoms with Gasteiger partial charge in [0, 0.05) is 6.54 Å². The Labute approximate surface area is 113 Å². The largest absolute Gasteiger partial charge is 0.492 e. The monoisotopic (exact) mass is 264 g/mol. The van der Waals surface area contributed by atoms with Gasteiger partial charge in [0.2, 0.25) is 5.91 Å². The average Bonchev–Trinajstić information content (AvgIpc) is 2.83. The van der Waals surface area contributed by atoms with Crippen molar-refractivity contribution < 1.29 is 14.6 Å². The number of β-amino-alcohol motifs (C(OH)–C–C–N with tert-alkyl or cyclic N) is 1. The van der Waals surface area contributed by atoms with Gasteiger partial charge in [-0.05, 0) is 25.5 Å². The second-order valence-corrected chi connectivity index (χ2v) is 4.80. The summed E-state index contributed by atoms with van der Waals surface area (Å²) in [6.45, 7) is 3.40. The average molecular weight is 264 g/mol. The molecule has 0 aliphatic carbocycles. The van der Waals surface area contributed by atoms with Gasteiger partial charge in [-0.25, -0.2) is 0 Å². The van der Waals surface area contributed by atoms with E-state index < -0.39 is 6.10 Å². The molecular weight excluding hydrogens is 244 g/mol. The highest BCUT2D eigenvalue weighted by molar-refractivity contribution is 5.82. The molecule has 1 fully saturated rings. The number of aliphatic hydroxyl groups excluding tert-OH is 1. The van der Waals surface area contributed by atoms with Crippen LogP contribution < -0.4 is 15.4 Å². The molecule has 0 radical (unpaired) electrons. The molecule has 0 unspecified atom stereocenters. The minimum Gasteiger partial charge on any atom is -0.492 e. The molecule has 5 nitrogen and oxygen atoms in total. The maximum atomic E-state index is 11.7. The van der Waals surface area contributed by atoms with Crippen LogP contribution in [0.1, 0.15) is 12.0 Å². The summed E-state index contributed by atoms with van der Waals surface area (Å²) < 4.78 is 5.51. The summed E-state index contributed by atoms with van der Waals surface area (Å²) in [5.41, 5.74) is 1.19. The van der Waals surface area contributed by atoms with Crippen LogP contribution in [0.4, 0.5) is 0 Å². The Morgan fingerprint density at radius 1 is 1.47 bits per heavy atom. The number of aryl methyl sites for hydroxylation is 1. The lowest BCUT2D eigenvalue weighted by molar-refractivity contribution is -0.123. The summed E-state index contributed by atoms with van der Waals surface area (Å²) in [7, 11) is 0. The van der Waals surface area contributed by atoms with Gasteiger partial charge in [0.25, 0.3) is 0 Å². The van der Waals surface area contributed by atoms with Crippen LogP contribution >= 0.6 is 0 Å². The van der Waals surface area contributed by atoms with Crippen LogP contribution in [0, 0.1) is 6.92 Å². The Bertz CT molecular complexity index is 419. The molecule has 2 atom stereocenters. The molecule has 0 aromatic heterocycles. The van der Waals surface area contributed by atoms with Crippen molar-refractivity contribution in [3.63, 3.8) is 0 Å². The second-order valence-electron chi connectivity index (χ2n) is 4.80. The van der Waals surface area contributed by atoms with Crippen molar-refractivity contribution in [2.75, 3.05) is 19.7 Å². The number of hydrogen-bond acceptors (Lipinski definition) is 4. The van der Waals surface area contributed by atoms with Gasteiger partial charge >= 0.3 is 0 Å². The van der Waals surface area contributed by atoms with Gasteiger partial charge in [-0.2, -0.15) is 0 Å². The van der Waals surface area contributed by atoms with Crippen molar-refractivity contribution in [2.24, 2.45) is 0 Å². The van der Waals surface area contributed by atoms with E-state index in [0.717, 1.165) is 5.75 Å². The van der Waals surface area contributed by atoms with Crippen LogP contribution in [-0.2, 0) is 4.79 Å². The van der Waals surface area contributed by atoms with E-state index in [0.29, 0.717) is 26.1 Å². The number of rotatable bonds is 5. The number of carbonyl (C=O) groups excluding carboxylic acids is 1. The summed E-state index contributed by atoms with van der Waals surface area (Å²) in [4.78, 5) is 11.7. The third-order valence-corrected chi connectivity index (χ3v) is 3.12. The Hall–Kier alpha value is -1.59. The summed E-state index contributed by atoms with van der Waals surface area (Å²) in [5.74, 6) is 0.721. The molecule has 1 aliphatic rings. The molecule has 5 heteroatoms. The fourth-order valence-corrected chi connectivity index (χ4v) is 2.02. The maximum Gasteiger partial charge on any atom is 0.237 e. The first-order valence-electron chi connectivity index (χ1n) is 6.54. The van der Waals surface area contributed by atoms with E-state index in [2.05, 4.69) is 10.6 Å². The van der Waals surface area contributed by atoms with E-state index in [1.807, 2.05) is 31.2 Å². The number of amides is 1. The van der Waals surface area contributed by atoms with Crippen molar-refractivity contribution in [1.29, 1.82) is 0 Å². The molecule has 1 heterocycles. The van der Waals surface area contributed by atoms with E-state index >= 15 is 0 Å². The summed E-state index contributed by atoms with van der Waals surface area (Å²) in [6.07, 6.45) is 0.0598. The molecular formula is C14H20N2O3. The van der Waals surface area contributed by atoms with E-state index in [-0.39, 0.29) is 11.9 Å². The molecule has 1 saturated heterocycles. The van der Waals surface area contributed by atoms with Gasteiger partial charge in [-0.3, -0.25) is 4.79 Å². The zero-order chi connectivity index (χ0) is 13.7. The highest BCUT2D eigenvalue weighted by Gasteiger charge is 2.27. The van der Waals surface area contributed by atoms with Crippen molar-refractivity contribution in [2.45, 2.75) is 25.5 Å². The minimum absolute atomic E-state index is 0.0796. The molecule has 1 amide bonds. The van der Waals surface area contributed by atoms with Crippen molar-refractivity contribution >= 4 is 5.91 Å². The van der Waals surface area contributed by atoms with Gasteiger partial charge in [0.05, 0.1) is 18.7 Å². The van der Waals surface area contributed by atoms with Crippen molar-refractivity contribution in [3.8, 4) is 5.75 Å². The fourth-order valence-electron chi connectivity index (χ4n) is 2.02. The number of carbonyl (C=O) groups is 1.